The normalized spacial score (nSPS) is 31.9. The zero-order valence-electron chi connectivity index (χ0n) is 13.7. The number of rotatable bonds is 3. The van der Waals surface area contributed by atoms with Gasteiger partial charge in [0.2, 0.25) is 5.91 Å². The number of fused-ring (bicyclic) bond motifs is 2. The van der Waals surface area contributed by atoms with Crippen LogP contribution in [0.2, 0.25) is 0 Å². The van der Waals surface area contributed by atoms with E-state index in [0.29, 0.717) is 24.9 Å². The van der Waals surface area contributed by atoms with Crippen molar-refractivity contribution < 1.29 is 9.59 Å². The first-order chi connectivity index (χ1) is 11.6. The van der Waals surface area contributed by atoms with Gasteiger partial charge in [-0.05, 0) is 55.7 Å². The van der Waals surface area contributed by atoms with Crippen LogP contribution in [0.5, 0.6) is 0 Å². The Bertz CT molecular complexity index is 660. The van der Waals surface area contributed by atoms with E-state index in [1.165, 1.54) is 0 Å². The third kappa shape index (κ3) is 2.65. The maximum Gasteiger partial charge on any atom is 0.321 e. The predicted molar refractivity (Wildman–Crippen MR) is 92.7 cm³/mol. The highest BCUT2D eigenvalue weighted by Gasteiger charge is 2.49. The van der Waals surface area contributed by atoms with Gasteiger partial charge in [-0.25, -0.2) is 4.79 Å². The smallest absolute Gasteiger partial charge is 0.321 e. The number of amides is 3. The van der Waals surface area contributed by atoms with Crippen LogP contribution in [0.3, 0.4) is 0 Å². The van der Waals surface area contributed by atoms with Gasteiger partial charge in [0, 0.05) is 30.5 Å². The highest BCUT2D eigenvalue weighted by molar-refractivity contribution is 5.96. The van der Waals surface area contributed by atoms with Crippen LogP contribution in [0.25, 0.3) is 0 Å². The molecule has 0 spiro atoms. The second-order valence-electron chi connectivity index (χ2n) is 7.21. The van der Waals surface area contributed by atoms with Crippen LogP contribution in [0.1, 0.15) is 25.7 Å². The molecular weight excluding hydrogens is 304 g/mol. The summed E-state index contributed by atoms with van der Waals surface area (Å²) in [6.45, 7) is 1.41. The maximum absolute atomic E-state index is 12.7. The Hall–Kier alpha value is -2.08. The number of benzene rings is 1. The number of urea groups is 1. The van der Waals surface area contributed by atoms with Gasteiger partial charge in [-0.2, -0.15) is 0 Å². The van der Waals surface area contributed by atoms with Crippen molar-refractivity contribution in [2.75, 3.05) is 23.3 Å². The monoisotopic (exact) mass is 328 g/mol. The Morgan fingerprint density at radius 1 is 1.29 bits per heavy atom. The SMILES string of the molecule is NC1C2CCC(C2)C1C(=O)Nc1cccc(N2CCCNC2=O)c1. The van der Waals surface area contributed by atoms with Gasteiger partial charge in [-0.15, -0.1) is 0 Å². The Kier molecular flexibility index (Phi) is 3.92. The molecule has 4 rings (SSSR count). The number of hydrogen-bond donors (Lipinski definition) is 3. The second-order valence-corrected chi connectivity index (χ2v) is 7.21. The molecule has 1 aromatic rings. The molecule has 4 unspecified atom stereocenters. The van der Waals surface area contributed by atoms with Gasteiger partial charge in [0.25, 0.3) is 0 Å². The lowest BCUT2D eigenvalue weighted by molar-refractivity contribution is -0.121. The Labute approximate surface area is 141 Å². The molecular formula is C18H24N4O2. The van der Waals surface area contributed by atoms with Gasteiger partial charge >= 0.3 is 6.03 Å². The van der Waals surface area contributed by atoms with E-state index < -0.39 is 0 Å². The molecule has 3 fully saturated rings. The number of carbonyl (C=O) groups excluding carboxylic acids is 2. The molecule has 2 aliphatic carbocycles. The fourth-order valence-corrected chi connectivity index (χ4v) is 4.58. The summed E-state index contributed by atoms with van der Waals surface area (Å²) in [5.74, 6) is 0.885. The molecule has 0 radical (unpaired) electrons. The fourth-order valence-electron chi connectivity index (χ4n) is 4.58. The van der Waals surface area contributed by atoms with Crippen molar-refractivity contribution in [3.63, 3.8) is 0 Å². The summed E-state index contributed by atoms with van der Waals surface area (Å²) in [6.07, 6.45) is 4.29. The summed E-state index contributed by atoms with van der Waals surface area (Å²) in [6, 6.07) is 7.39. The molecule has 2 bridgehead atoms. The Morgan fingerprint density at radius 2 is 2.12 bits per heavy atom. The molecule has 24 heavy (non-hydrogen) atoms. The van der Waals surface area contributed by atoms with Gasteiger partial charge in [0.15, 0.2) is 0 Å². The van der Waals surface area contributed by atoms with E-state index in [2.05, 4.69) is 10.6 Å². The minimum absolute atomic E-state index is 0.0141. The molecule has 3 aliphatic rings. The summed E-state index contributed by atoms with van der Waals surface area (Å²) in [5, 5.41) is 5.86. The molecule has 1 saturated heterocycles. The van der Waals surface area contributed by atoms with Crippen LogP contribution in [-0.4, -0.2) is 31.1 Å². The number of nitrogens with zero attached hydrogens (tertiary/aromatic N) is 1. The maximum atomic E-state index is 12.7. The van der Waals surface area contributed by atoms with Crippen LogP contribution in [0.15, 0.2) is 24.3 Å². The van der Waals surface area contributed by atoms with Crippen molar-refractivity contribution in [1.29, 1.82) is 0 Å². The quantitative estimate of drug-likeness (QED) is 0.792. The first-order valence-corrected chi connectivity index (χ1v) is 8.85. The number of anilines is 2. The highest BCUT2D eigenvalue weighted by Crippen LogP contribution is 2.47. The molecule has 128 valence electrons. The standard InChI is InChI=1S/C18H24N4O2/c19-16-12-6-5-11(9-12)15(16)17(23)21-13-3-1-4-14(10-13)22-8-2-7-20-18(22)24/h1,3-4,10-12,15-16H,2,5-9,19H2,(H,20,24)(H,21,23). The first-order valence-electron chi connectivity index (χ1n) is 8.85. The van der Waals surface area contributed by atoms with E-state index in [4.69, 9.17) is 5.73 Å². The third-order valence-corrected chi connectivity index (χ3v) is 5.79. The van der Waals surface area contributed by atoms with Gasteiger partial charge in [0.05, 0.1) is 5.92 Å². The molecule has 4 N–H and O–H groups in total. The van der Waals surface area contributed by atoms with E-state index in [-0.39, 0.29) is 23.9 Å². The van der Waals surface area contributed by atoms with Gasteiger partial charge < -0.3 is 16.4 Å². The third-order valence-electron chi connectivity index (χ3n) is 5.79. The minimum atomic E-state index is -0.0835. The van der Waals surface area contributed by atoms with E-state index in [1.807, 2.05) is 24.3 Å². The van der Waals surface area contributed by atoms with Crippen molar-refractivity contribution in [2.24, 2.45) is 23.5 Å². The van der Waals surface area contributed by atoms with Crippen molar-refractivity contribution in [1.82, 2.24) is 5.32 Å². The van der Waals surface area contributed by atoms with Crippen LogP contribution >= 0.6 is 0 Å². The predicted octanol–water partition coefficient (Wildman–Crippen LogP) is 1.92. The highest BCUT2D eigenvalue weighted by atomic mass is 16.2. The Balaban J connectivity index is 1.48. The van der Waals surface area contributed by atoms with E-state index in [1.54, 1.807) is 4.90 Å². The molecule has 4 atom stereocenters. The average molecular weight is 328 g/mol. The molecule has 6 heteroatoms. The Morgan fingerprint density at radius 3 is 2.88 bits per heavy atom. The van der Waals surface area contributed by atoms with Gasteiger partial charge in [0.1, 0.15) is 0 Å². The van der Waals surface area contributed by atoms with E-state index >= 15 is 0 Å². The van der Waals surface area contributed by atoms with Crippen molar-refractivity contribution in [2.45, 2.75) is 31.7 Å². The van der Waals surface area contributed by atoms with E-state index in [0.717, 1.165) is 37.1 Å². The average Bonchev–Trinajstić information content (AvgIpc) is 3.16. The van der Waals surface area contributed by atoms with Gasteiger partial charge in [-0.1, -0.05) is 6.07 Å². The summed E-state index contributed by atoms with van der Waals surface area (Å²) >= 11 is 0. The summed E-state index contributed by atoms with van der Waals surface area (Å²) < 4.78 is 0. The van der Waals surface area contributed by atoms with Crippen molar-refractivity contribution >= 4 is 23.3 Å². The molecule has 1 heterocycles. The van der Waals surface area contributed by atoms with Crippen molar-refractivity contribution in [3.05, 3.63) is 24.3 Å². The fraction of sp³-hybridized carbons (Fsp3) is 0.556. The molecule has 1 aromatic carbocycles. The van der Waals surface area contributed by atoms with Crippen LogP contribution in [-0.2, 0) is 4.79 Å². The van der Waals surface area contributed by atoms with Crippen LogP contribution < -0.4 is 21.3 Å². The number of hydrogen-bond acceptors (Lipinski definition) is 3. The van der Waals surface area contributed by atoms with Crippen LogP contribution in [0, 0.1) is 17.8 Å². The molecule has 0 aromatic heterocycles. The van der Waals surface area contributed by atoms with Gasteiger partial charge in [-0.3, -0.25) is 9.69 Å². The first kappa shape index (κ1) is 15.4. The van der Waals surface area contributed by atoms with Crippen LogP contribution in [0.4, 0.5) is 16.2 Å². The zero-order chi connectivity index (χ0) is 16.7. The molecule has 3 amide bonds. The van der Waals surface area contributed by atoms with Crippen molar-refractivity contribution in [3.8, 4) is 0 Å². The summed E-state index contributed by atoms with van der Waals surface area (Å²) in [7, 11) is 0. The molecule has 6 nitrogen and oxygen atoms in total. The number of nitrogens with one attached hydrogen (secondary N) is 2. The number of carbonyl (C=O) groups is 2. The lowest BCUT2D eigenvalue weighted by Gasteiger charge is -2.28. The lowest BCUT2D eigenvalue weighted by atomic mass is 9.84. The topological polar surface area (TPSA) is 87.5 Å². The molecule has 2 saturated carbocycles. The molecule has 1 aliphatic heterocycles. The largest absolute Gasteiger partial charge is 0.338 e. The zero-order valence-corrected chi connectivity index (χ0v) is 13.7. The number of nitrogens with two attached hydrogens (primary N) is 1. The van der Waals surface area contributed by atoms with E-state index in [9.17, 15) is 9.59 Å². The summed E-state index contributed by atoms with van der Waals surface area (Å²) in [5.41, 5.74) is 7.80. The lowest BCUT2D eigenvalue weighted by Crippen LogP contribution is -2.46. The summed E-state index contributed by atoms with van der Waals surface area (Å²) in [4.78, 5) is 26.4. The minimum Gasteiger partial charge on any atom is -0.338 e. The second kappa shape index (κ2) is 6.09.